The predicted molar refractivity (Wildman–Crippen MR) is 92.1 cm³/mol. The molecule has 0 bridgehead atoms. The number of carbonyl (C=O) groups excluding carboxylic acids is 1. The predicted octanol–water partition coefficient (Wildman–Crippen LogP) is 1.36. The Kier molecular flexibility index (Phi) is 4.49. The normalized spacial score (nSPS) is 17.2. The molecule has 0 unspecified atom stereocenters. The van der Waals surface area contributed by atoms with Crippen molar-refractivity contribution >= 4 is 15.9 Å². The smallest absolute Gasteiger partial charge is 0.251 e. The van der Waals surface area contributed by atoms with Crippen LogP contribution in [0.1, 0.15) is 53.7 Å². The molecule has 4 rings (SSSR count). The Morgan fingerprint density at radius 3 is 2.77 bits per heavy atom. The van der Waals surface area contributed by atoms with E-state index in [1.54, 1.807) is 12.1 Å². The molecule has 2 aromatic rings. The van der Waals surface area contributed by atoms with Gasteiger partial charge < -0.3 is 9.84 Å². The van der Waals surface area contributed by atoms with Crippen molar-refractivity contribution in [1.29, 1.82) is 0 Å². The highest BCUT2D eigenvalue weighted by molar-refractivity contribution is 7.89. The molecule has 2 fully saturated rings. The van der Waals surface area contributed by atoms with Gasteiger partial charge in [0.15, 0.2) is 5.82 Å². The lowest BCUT2D eigenvalue weighted by Gasteiger charge is -2.08. The molecule has 0 spiro atoms. The largest absolute Gasteiger partial charge is 0.349 e. The quantitative estimate of drug-likeness (QED) is 0.719. The number of carbonyl (C=O) groups is 1. The number of nitrogens with zero attached hydrogens (tertiary/aromatic N) is 2. The lowest BCUT2D eigenvalue weighted by Crippen LogP contribution is -2.28. The van der Waals surface area contributed by atoms with E-state index in [0.717, 1.165) is 25.7 Å². The van der Waals surface area contributed by atoms with Crippen LogP contribution >= 0.6 is 0 Å². The van der Waals surface area contributed by atoms with Gasteiger partial charge in [-0.15, -0.1) is 0 Å². The van der Waals surface area contributed by atoms with Gasteiger partial charge in [-0.3, -0.25) is 4.79 Å². The number of amides is 1. The van der Waals surface area contributed by atoms with Gasteiger partial charge in [0, 0.05) is 30.5 Å². The van der Waals surface area contributed by atoms with Crippen molar-refractivity contribution < 1.29 is 17.7 Å². The summed E-state index contributed by atoms with van der Waals surface area (Å²) in [6.45, 7) is 0.157. The molecule has 1 heterocycles. The van der Waals surface area contributed by atoms with Crippen LogP contribution in [0, 0.1) is 0 Å². The Morgan fingerprint density at radius 1 is 1.23 bits per heavy atom. The summed E-state index contributed by atoms with van der Waals surface area (Å²) in [5, 5.41) is 6.72. The Bertz CT molecular complexity index is 916. The Balaban J connectivity index is 1.36. The van der Waals surface area contributed by atoms with Crippen LogP contribution in [0.2, 0.25) is 0 Å². The number of nitrogens with one attached hydrogen (secondary N) is 2. The Labute approximate surface area is 151 Å². The lowest BCUT2D eigenvalue weighted by molar-refractivity contribution is 0.0951. The van der Waals surface area contributed by atoms with Gasteiger partial charge in [0.2, 0.25) is 15.9 Å². The van der Waals surface area contributed by atoms with Crippen LogP contribution in [0.5, 0.6) is 0 Å². The molecule has 2 saturated carbocycles. The fraction of sp³-hybridized carbons (Fsp3) is 0.471. The van der Waals surface area contributed by atoms with E-state index in [-0.39, 0.29) is 23.4 Å². The molecule has 2 N–H and O–H groups in total. The highest BCUT2D eigenvalue weighted by Gasteiger charge is 2.29. The Hall–Kier alpha value is -2.26. The van der Waals surface area contributed by atoms with Crippen LogP contribution in [0.15, 0.2) is 33.7 Å². The molecular formula is C17H20N4O4S. The third kappa shape index (κ3) is 4.10. The molecule has 2 aliphatic carbocycles. The first kappa shape index (κ1) is 17.2. The summed E-state index contributed by atoms with van der Waals surface area (Å²) >= 11 is 0. The molecule has 138 valence electrons. The van der Waals surface area contributed by atoms with Crippen molar-refractivity contribution in [2.75, 3.05) is 6.54 Å². The molecular weight excluding hydrogens is 356 g/mol. The maximum absolute atomic E-state index is 12.4. The second-order valence-corrected chi connectivity index (χ2v) is 8.51. The molecule has 2 aliphatic rings. The average molecular weight is 376 g/mol. The molecule has 9 heteroatoms. The summed E-state index contributed by atoms with van der Waals surface area (Å²) in [6, 6.07) is 6.25. The van der Waals surface area contributed by atoms with Crippen molar-refractivity contribution in [2.45, 2.75) is 49.0 Å². The van der Waals surface area contributed by atoms with Gasteiger partial charge in [0.1, 0.15) is 0 Å². The summed E-state index contributed by atoms with van der Waals surface area (Å²) < 4.78 is 32.6. The first-order chi connectivity index (χ1) is 12.5. The topological polar surface area (TPSA) is 114 Å². The number of hydrogen-bond acceptors (Lipinski definition) is 6. The SMILES string of the molecule is O=C(NC1CC1)c1cccc(S(=O)(=O)NCCc2noc(C3CC3)n2)c1. The highest BCUT2D eigenvalue weighted by atomic mass is 32.2. The van der Waals surface area contributed by atoms with Gasteiger partial charge in [-0.25, -0.2) is 13.1 Å². The van der Waals surface area contributed by atoms with E-state index >= 15 is 0 Å². The van der Waals surface area contributed by atoms with Crippen molar-refractivity contribution in [1.82, 2.24) is 20.2 Å². The first-order valence-corrected chi connectivity index (χ1v) is 10.2. The van der Waals surface area contributed by atoms with Crippen LogP contribution in [0.4, 0.5) is 0 Å². The van der Waals surface area contributed by atoms with E-state index < -0.39 is 10.0 Å². The number of rotatable bonds is 8. The van der Waals surface area contributed by atoms with E-state index in [9.17, 15) is 13.2 Å². The van der Waals surface area contributed by atoms with Gasteiger partial charge in [0.05, 0.1) is 4.90 Å². The van der Waals surface area contributed by atoms with E-state index in [0.29, 0.717) is 29.6 Å². The number of hydrogen-bond donors (Lipinski definition) is 2. The number of aromatic nitrogens is 2. The van der Waals surface area contributed by atoms with E-state index in [1.165, 1.54) is 12.1 Å². The summed E-state index contributed by atoms with van der Waals surface area (Å²) in [6.07, 6.45) is 4.43. The van der Waals surface area contributed by atoms with Crippen LogP contribution < -0.4 is 10.0 Å². The second kappa shape index (κ2) is 6.81. The fourth-order valence-corrected chi connectivity index (χ4v) is 3.62. The third-order valence-electron chi connectivity index (χ3n) is 4.37. The summed E-state index contributed by atoms with van der Waals surface area (Å²) in [5.41, 5.74) is 0.340. The highest BCUT2D eigenvalue weighted by Crippen LogP contribution is 2.38. The summed E-state index contributed by atoms with van der Waals surface area (Å²) in [4.78, 5) is 16.4. The van der Waals surface area contributed by atoms with Crippen molar-refractivity contribution in [3.63, 3.8) is 0 Å². The standard InChI is InChI=1S/C17H20N4O4S/c22-16(19-13-6-7-13)12-2-1-3-14(10-12)26(23,24)18-9-8-15-20-17(25-21-15)11-4-5-11/h1-3,10-11,13,18H,4-9H2,(H,19,22). The van der Waals surface area contributed by atoms with Crippen molar-refractivity contribution in [3.05, 3.63) is 41.5 Å². The van der Waals surface area contributed by atoms with Crippen LogP contribution in [-0.2, 0) is 16.4 Å². The summed E-state index contributed by atoms with van der Waals surface area (Å²) in [5.74, 6) is 1.26. The van der Waals surface area contributed by atoms with Gasteiger partial charge in [-0.2, -0.15) is 4.98 Å². The molecule has 0 aliphatic heterocycles. The number of benzene rings is 1. The van der Waals surface area contributed by atoms with Gasteiger partial charge in [-0.1, -0.05) is 11.2 Å². The molecule has 1 aromatic heterocycles. The van der Waals surface area contributed by atoms with Crippen LogP contribution in [0.25, 0.3) is 0 Å². The zero-order valence-corrected chi connectivity index (χ0v) is 15.0. The van der Waals surface area contributed by atoms with E-state index in [1.807, 2.05) is 0 Å². The monoisotopic (exact) mass is 376 g/mol. The molecule has 0 radical (unpaired) electrons. The lowest BCUT2D eigenvalue weighted by atomic mass is 10.2. The minimum absolute atomic E-state index is 0.0627. The maximum Gasteiger partial charge on any atom is 0.251 e. The molecule has 1 aromatic carbocycles. The van der Waals surface area contributed by atoms with Gasteiger partial charge >= 0.3 is 0 Å². The minimum Gasteiger partial charge on any atom is -0.349 e. The summed E-state index contributed by atoms with van der Waals surface area (Å²) in [7, 11) is -3.71. The third-order valence-corrected chi connectivity index (χ3v) is 5.83. The molecule has 0 atom stereocenters. The molecule has 1 amide bonds. The average Bonchev–Trinajstić information content (AvgIpc) is 3.56. The first-order valence-electron chi connectivity index (χ1n) is 8.74. The minimum atomic E-state index is -3.71. The zero-order valence-electron chi connectivity index (χ0n) is 14.1. The maximum atomic E-state index is 12.4. The molecule has 0 saturated heterocycles. The molecule has 26 heavy (non-hydrogen) atoms. The van der Waals surface area contributed by atoms with Crippen molar-refractivity contribution in [2.24, 2.45) is 0 Å². The van der Waals surface area contributed by atoms with Crippen LogP contribution in [0.3, 0.4) is 0 Å². The Morgan fingerprint density at radius 2 is 2.04 bits per heavy atom. The second-order valence-electron chi connectivity index (χ2n) is 6.75. The van der Waals surface area contributed by atoms with Gasteiger partial charge in [0.25, 0.3) is 5.91 Å². The van der Waals surface area contributed by atoms with E-state index in [4.69, 9.17) is 4.52 Å². The van der Waals surface area contributed by atoms with Crippen LogP contribution in [-0.4, -0.2) is 37.1 Å². The fourth-order valence-electron chi connectivity index (χ4n) is 2.55. The number of sulfonamides is 1. The van der Waals surface area contributed by atoms with Crippen molar-refractivity contribution in [3.8, 4) is 0 Å². The zero-order chi connectivity index (χ0) is 18.1. The van der Waals surface area contributed by atoms with E-state index in [2.05, 4.69) is 20.2 Å². The van der Waals surface area contributed by atoms with Gasteiger partial charge in [-0.05, 0) is 43.9 Å². The molecule has 8 nitrogen and oxygen atoms in total.